The highest BCUT2D eigenvalue weighted by Crippen LogP contribution is 2.29. The van der Waals surface area contributed by atoms with Gasteiger partial charge in [-0.05, 0) is 46.4 Å². The van der Waals surface area contributed by atoms with E-state index in [-0.39, 0.29) is 11.9 Å². The topological polar surface area (TPSA) is 50.2 Å². The van der Waals surface area contributed by atoms with E-state index >= 15 is 0 Å². The summed E-state index contributed by atoms with van der Waals surface area (Å²) in [6.45, 7) is 10.2. The largest absolute Gasteiger partial charge is 0.353 e. The van der Waals surface area contributed by atoms with Gasteiger partial charge in [0.15, 0.2) is 0 Å². The molecule has 0 radical (unpaired) electrons. The average Bonchev–Trinajstić information content (AvgIpc) is 3.21. The molecule has 1 amide bonds. The van der Waals surface area contributed by atoms with E-state index in [0.717, 1.165) is 17.2 Å². The van der Waals surface area contributed by atoms with Gasteiger partial charge in [0.05, 0.1) is 18.8 Å². The highest BCUT2D eigenvalue weighted by molar-refractivity contribution is 7.09. The maximum atomic E-state index is 11.9. The van der Waals surface area contributed by atoms with Crippen molar-refractivity contribution in [1.29, 1.82) is 0 Å². The van der Waals surface area contributed by atoms with Gasteiger partial charge in [-0.1, -0.05) is 30.3 Å². The summed E-state index contributed by atoms with van der Waals surface area (Å²) >= 11 is 1.65. The first kappa shape index (κ1) is 21.3. The van der Waals surface area contributed by atoms with Crippen LogP contribution in [0.5, 0.6) is 0 Å². The lowest BCUT2D eigenvalue weighted by atomic mass is 10.2. The predicted octanol–water partition coefficient (Wildman–Crippen LogP) is 4.23. The van der Waals surface area contributed by atoms with Crippen LogP contribution in [0.2, 0.25) is 0 Å². The van der Waals surface area contributed by atoms with Gasteiger partial charge in [-0.15, -0.1) is 11.3 Å². The van der Waals surface area contributed by atoms with Crippen LogP contribution in [0.25, 0.3) is 11.3 Å². The zero-order chi connectivity index (χ0) is 21.0. The second-order valence-electron chi connectivity index (χ2n) is 7.88. The molecule has 0 aliphatic rings. The number of benzene rings is 1. The van der Waals surface area contributed by atoms with Crippen molar-refractivity contribution >= 4 is 17.2 Å². The molecule has 3 aromatic rings. The Balaban J connectivity index is 1.70. The molecule has 0 spiro atoms. The molecule has 0 aliphatic heterocycles. The van der Waals surface area contributed by atoms with Crippen molar-refractivity contribution in [3.63, 3.8) is 0 Å². The molecule has 0 bridgehead atoms. The molecular formula is C23H30N4OS. The molecule has 0 saturated heterocycles. The number of hydrogen-bond donors (Lipinski definition) is 1. The summed E-state index contributed by atoms with van der Waals surface area (Å²) in [5, 5.41) is 6.06. The second-order valence-corrected chi connectivity index (χ2v) is 8.82. The second kappa shape index (κ2) is 9.37. The maximum absolute atomic E-state index is 11.9. The van der Waals surface area contributed by atoms with E-state index < -0.39 is 0 Å². The minimum atomic E-state index is 0.0451. The molecule has 6 heteroatoms. The first-order valence-corrected chi connectivity index (χ1v) is 10.8. The molecule has 0 atom stereocenters. The average molecular weight is 411 g/mol. The van der Waals surface area contributed by atoms with Crippen molar-refractivity contribution in [1.82, 2.24) is 19.8 Å². The van der Waals surface area contributed by atoms with E-state index in [0.29, 0.717) is 13.1 Å². The van der Waals surface area contributed by atoms with Crippen LogP contribution in [0.4, 0.5) is 0 Å². The Bertz CT molecular complexity index is 959. The third-order valence-electron chi connectivity index (χ3n) is 4.85. The van der Waals surface area contributed by atoms with Crippen LogP contribution in [0.15, 0.2) is 41.8 Å². The number of aromatic nitrogens is 2. The standard InChI is InChI=1S/C23H30N4OS/c1-16(2)24-22(28)13-26(5)14-23-25-21(15-29-23)20-11-17(3)27(18(20)4)12-19-9-7-6-8-10-19/h6-11,15-16H,12-14H2,1-5H3,(H,24,28). The molecule has 0 aliphatic carbocycles. The zero-order valence-electron chi connectivity index (χ0n) is 17.9. The Morgan fingerprint density at radius 1 is 1.24 bits per heavy atom. The fourth-order valence-corrected chi connectivity index (χ4v) is 4.35. The van der Waals surface area contributed by atoms with Crippen LogP contribution < -0.4 is 5.32 Å². The third-order valence-corrected chi connectivity index (χ3v) is 5.69. The Labute approximate surface area is 177 Å². The molecule has 0 fully saturated rings. The highest BCUT2D eigenvalue weighted by atomic mass is 32.1. The van der Waals surface area contributed by atoms with Crippen LogP contribution in [-0.4, -0.2) is 40.0 Å². The fraction of sp³-hybridized carbons (Fsp3) is 0.391. The van der Waals surface area contributed by atoms with E-state index in [4.69, 9.17) is 4.98 Å². The fourth-order valence-electron chi connectivity index (χ4n) is 3.48. The summed E-state index contributed by atoms with van der Waals surface area (Å²) < 4.78 is 2.34. The lowest BCUT2D eigenvalue weighted by Gasteiger charge is -2.16. The van der Waals surface area contributed by atoms with Gasteiger partial charge in [-0.3, -0.25) is 9.69 Å². The number of carbonyl (C=O) groups is 1. The number of carbonyl (C=O) groups excluding carboxylic acids is 1. The van der Waals surface area contributed by atoms with E-state index in [9.17, 15) is 4.79 Å². The van der Waals surface area contributed by atoms with Gasteiger partial charge in [-0.25, -0.2) is 4.98 Å². The van der Waals surface area contributed by atoms with Crippen LogP contribution in [0, 0.1) is 13.8 Å². The number of nitrogens with one attached hydrogen (secondary N) is 1. The smallest absolute Gasteiger partial charge is 0.234 e. The molecule has 1 N–H and O–H groups in total. The van der Waals surface area contributed by atoms with Crippen LogP contribution in [0.3, 0.4) is 0 Å². The number of amides is 1. The van der Waals surface area contributed by atoms with Gasteiger partial charge in [-0.2, -0.15) is 0 Å². The monoisotopic (exact) mass is 410 g/mol. The molecule has 2 heterocycles. The summed E-state index contributed by atoms with van der Waals surface area (Å²) in [4.78, 5) is 18.8. The summed E-state index contributed by atoms with van der Waals surface area (Å²) in [5.74, 6) is 0.0451. The minimum Gasteiger partial charge on any atom is -0.353 e. The predicted molar refractivity (Wildman–Crippen MR) is 120 cm³/mol. The van der Waals surface area contributed by atoms with Gasteiger partial charge in [0, 0.05) is 34.9 Å². The van der Waals surface area contributed by atoms with Crippen molar-refractivity contribution in [2.45, 2.75) is 46.8 Å². The Kier molecular flexibility index (Phi) is 6.87. The van der Waals surface area contributed by atoms with Crippen molar-refractivity contribution in [3.8, 4) is 11.3 Å². The van der Waals surface area contributed by atoms with Gasteiger partial charge in [0.2, 0.25) is 5.91 Å². The first-order valence-electron chi connectivity index (χ1n) is 9.97. The quantitative estimate of drug-likeness (QED) is 0.604. The number of likely N-dealkylation sites (N-methyl/N-ethyl adjacent to an activating group) is 1. The lowest BCUT2D eigenvalue weighted by Crippen LogP contribution is -2.38. The van der Waals surface area contributed by atoms with Crippen molar-refractivity contribution in [2.24, 2.45) is 0 Å². The molecule has 2 aromatic heterocycles. The lowest BCUT2D eigenvalue weighted by molar-refractivity contribution is -0.122. The zero-order valence-corrected chi connectivity index (χ0v) is 18.7. The summed E-state index contributed by atoms with van der Waals surface area (Å²) in [5.41, 5.74) is 5.95. The highest BCUT2D eigenvalue weighted by Gasteiger charge is 2.15. The summed E-state index contributed by atoms with van der Waals surface area (Å²) in [6, 6.07) is 12.9. The first-order chi connectivity index (χ1) is 13.8. The molecule has 0 saturated carbocycles. The summed E-state index contributed by atoms with van der Waals surface area (Å²) in [7, 11) is 1.95. The molecule has 0 unspecified atom stereocenters. The number of hydrogen-bond acceptors (Lipinski definition) is 4. The number of aryl methyl sites for hydroxylation is 1. The van der Waals surface area contributed by atoms with Crippen molar-refractivity contribution in [2.75, 3.05) is 13.6 Å². The number of thiazole rings is 1. The van der Waals surface area contributed by atoms with Crippen LogP contribution in [-0.2, 0) is 17.9 Å². The third kappa shape index (κ3) is 5.55. The number of rotatable bonds is 8. The Morgan fingerprint density at radius 3 is 2.66 bits per heavy atom. The van der Waals surface area contributed by atoms with Gasteiger partial charge in [0.25, 0.3) is 0 Å². The van der Waals surface area contributed by atoms with E-state index in [2.05, 4.69) is 59.4 Å². The van der Waals surface area contributed by atoms with E-state index in [1.54, 1.807) is 11.3 Å². The molecule has 154 valence electrons. The Hall–Kier alpha value is -2.44. The summed E-state index contributed by atoms with van der Waals surface area (Å²) in [6.07, 6.45) is 0. The van der Waals surface area contributed by atoms with Crippen molar-refractivity contribution < 1.29 is 4.79 Å². The Morgan fingerprint density at radius 2 is 1.97 bits per heavy atom. The molecule has 1 aromatic carbocycles. The number of nitrogens with zero attached hydrogens (tertiary/aromatic N) is 3. The van der Waals surface area contributed by atoms with Gasteiger partial charge in [0.1, 0.15) is 5.01 Å². The normalized spacial score (nSPS) is 11.4. The van der Waals surface area contributed by atoms with Gasteiger partial charge < -0.3 is 9.88 Å². The van der Waals surface area contributed by atoms with E-state index in [1.165, 1.54) is 22.5 Å². The van der Waals surface area contributed by atoms with Gasteiger partial charge >= 0.3 is 0 Å². The SMILES string of the molecule is Cc1cc(-c2csc(CN(C)CC(=O)NC(C)C)n2)c(C)n1Cc1ccccc1. The van der Waals surface area contributed by atoms with Crippen LogP contribution >= 0.6 is 11.3 Å². The van der Waals surface area contributed by atoms with Crippen LogP contribution in [0.1, 0.15) is 35.8 Å². The molecule has 5 nitrogen and oxygen atoms in total. The molecular weight excluding hydrogens is 380 g/mol. The van der Waals surface area contributed by atoms with Crippen molar-refractivity contribution in [3.05, 3.63) is 63.7 Å². The maximum Gasteiger partial charge on any atom is 0.234 e. The molecule has 29 heavy (non-hydrogen) atoms. The molecule has 3 rings (SSSR count). The minimum absolute atomic E-state index is 0.0451. The van der Waals surface area contributed by atoms with E-state index in [1.807, 2.05) is 31.9 Å².